The third-order valence-corrected chi connectivity index (χ3v) is 6.06. The van der Waals surface area contributed by atoms with Crippen LogP contribution >= 0.6 is 11.6 Å². The Morgan fingerprint density at radius 3 is 2.44 bits per heavy atom. The summed E-state index contributed by atoms with van der Waals surface area (Å²) in [6.45, 7) is 0.302. The predicted octanol–water partition coefficient (Wildman–Crippen LogP) is 7.70. The summed E-state index contributed by atoms with van der Waals surface area (Å²) in [7, 11) is 0. The quantitative estimate of drug-likeness (QED) is 0.265. The minimum absolute atomic E-state index is 0.302. The molecule has 1 aromatic heterocycles. The van der Waals surface area contributed by atoms with Gasteiger partial charge in [-0.15, -0.1) is 0 Å². The number of rotatable bonds is 4. The standard InChI is InChI=1S/C28H18ClFN2/c29-26-12-6-13-27(30)25(26)18-32-17-21(24-10-3-4-14-28(24)32)15-20(16-31)23-11-5-8-19-7-1-2-9-22(19)23/h1-15,17H,18H2/b20-15-. The fourth-order valence-electron chi connectivity index (χ4n) is 4.16. The Kier molecular flexibility index (Phi) is 5.23. The lowest BCUT2D eigenvalue weighted by atomic mass is 9.97. The summed E-state index contributed by atoms with van der Waals surface area (Å²) in [6, 6.07) is 29.0. The zero-order valence-electron chi connectivity index (χ0n) is 17.1. The molecule has 0 N–H and O–H groups in total. The van der Waals surface area contributed by atoms with E-state index in [0.717, 1.165) is 32.8 Å². The molecule has 0 atom stereocenters. The summed E-state index contributed by atoms with van der Waals surface area (Å²) in [4.78, 5) is 0. The van der Waals surface area contributed by atoms with Crippen LogP contribution in [0.15, 0.2) is 91.1 Å². The van der Waals surface area contributed by atoms with Crippen LogP contribution in [0.4, 0.5) is 4.39 Å². The Hall–Kier alpha value is -3.87. The number of hydrogen-bond acceptors (Lipinski definition) is 1. The molecule has 2 nitrogen and oxygen atoms in total. The molecule has 4 aromatic carbocycles. The van der Waals surface area contributed by atoms with Crippen LogP contribution in [0.3, 0.4) is 0 Å². The topological polar surface area (TPSA) is 28.7 Å². The van der Waals surface area contributed by atoms with E-state index in [4.69, 9.17) is 11.6 Å². The van der Waals surface area contributed by atoms with E-state index in [1.165, 1.54) is 6.07 Å². The second kappa shape index (κ2) is 8.34. The number of hydrogen-bond donors (Lipinski definition) is 0. The van der Waals surface area contributed by atoms with Gasteiger partial charge in [0.2, 0.25) is 0 Å². The highest BCUT2D eigenvalue weighted by Gasteiger charge is 2.13. The molecule has 0 spiro atoms. The number of aromatic nitrogens is 1. The van der Waals surface area contributed by atoms with E-state index in [-0.39, 0.29) is 5.82 Å². The van der Waals surface area contributed by atoms with E-state index >= 15 is 0 Å². The van der Waals surface area contributed by atoms with Crippen LogP contribution in [0.25, 0.3) is 33.3 Å². The van der Waals surface area contributed by atoms with Crippen molar-refractivity contribution in [1.82, 2.24) is 4.57 Å². The molecule has 0 aliphatic rings. The van der Waals surface area contributed by atoms with E-state index in [2.05, 4.69) is 6.07 Å². The van der Waals surface area contributed by atoms with Gasteiger partial charge in [0.15, 0.2) is 0 Å². The molecule has 0 aliphatic carbocycles. The number of nitriles is 1. The maximum Gasteiger partial charge on any atom is 0.129 e. The van der Waals surface area contributed by atoms with E-state index in [1.807, 2.05) is 83.6 Å². The highest BCUT2D eigenvalue weighted by molar-refractivity contribution is 6.31. The van der Waals surface area contributed by atoms with Crippen molar-refractivity contribution < 1.29 is 4.39 Å². The third-order valence-electron chi connectivity index (χ3n) is 5.71. The lowest BCUT2D eigenvalue weighted by Crippen LogP contribution is -2.01. The van der Waals surface area contributed by atoms with Gasteiger partial charge in [0.25, 0.3) is 0 Å². The van der Waals surface area contributed by atoms with Crippen LogP contribution in [-0.2, 0) is 6.54 Å². The SMILES string of the molecule is N#C/C(=C/c1cn(Cc2c(F)cccc2Cl)c2ccccc12)c1cccc2ccccc12. The molecule has 0 saturated carbocycles. The van der Waals surface area contributed by atoms with Gasteiger partial charge in [-0.3, -0.25) is 0 Å². The normalized spacial score (nSPS) is 11.7. The number of allylic oxidation sites excluding steroid dienone is 1. The van der Waals surface area contributed by atoms with E-state index in [0.29, 0.717) is 22.7 Å². The first-order chi connectivity index (χ1) is 15.7. The summed E-state index contributed by atoms with van der Waals surface area (Å²) >= 11 is 6.27. The van der Waals surface area contributed by atoms with E-state index in [1.54, 1.807) is 12.1 Å². The number of benzene rings is 4. The highest BCUT2D eigenvalue weighted by Crippen LogP contribution is 2.31. The molecule has 0 saturated heterocycles. The van der Waals surface area contributed by atoms with Gasteiger partial charge in [0.1, 0.15) is 5.82 Å². The van der Waals surface area contributed by atoms with Crippen molar-refractivity contribution in [3.8, 4) is 6.07 Å². The first kappa shape index (κ1) is 20.1. The Balaban J connectivity index is 1.66. The minimum Gasteiger partial charge on any atom is -0.342 e. The lowest BCUT2D eigenvalue weighted by Gasteiger charge is -2.08. The van der Waals surface area contributed by atoms with Gasteiger partial charge in [-0.25, -0.2) is 4.39 Å². The molecule has 0 amide bonds. The summed E-state index contributed by atoms with van der Waals surface area (Å²) in [5, 5.41) is 13.5. The molecular weight excluding hydrogens is 419 g/mol. The van der Waals surface area contributed by atoms with Crippen LogP contribution in [0.2, 0.25) is 5.02 Å². The summed E-state index contributed by atoms with van der Waals surface area (Å²) in [6.07, 6.45) is 3.86. The molecule has 0 unspecified atom stereocenters. The van der Waals surface area contributed by atoms with Crippen molar-refractivity contribution in [2.75, 3.05) is 0 Å². The molecule has 5 rings (SSSR count). The Labute approximate surface area is 190 Å². The van der Waals surface area contributed by atoms with Crippen molar-refractivity contribution in [2.24, 2.45) is 0 Å². The largest absolute Gasteiger partial charge is 0.342 e. The maximum absolute atomic E-state index is 14.4. The lowest BCUT2D eigenvalue weighted by molar-refractivity contribution is 0.602. The Morgan fingerprint density at radius 1 is 0.906 bits per heavy atom. The van der Waals surface area contributed by atoms with Crippen LogP contribution in [0.1, 0.15) is 16.7 Å². The highest BCUT2D eigenvalue weighted by atomic mass is 35.5. The van der Waals surface area contributed by atoms with Crippen molar-refractivity contribution in [3.63, 3.8) is 0 Å². The number of para-hydroxylation sites is 1. The Morgan fingerprint density at radius 2 is 1.62 bits per heavy atom. The van der Waals surface area contributed by atoms with Crippen LogP contribution in [0.5, 0.6) is 0 Å². The van der Waals surface area contributed by atoms with Crippen molar-refractivity contribution in [2.45, 2.75) is 6.54 Å². The maximum atomic E-state index is 14.4. The molecule has 0 bridgehead atoms. The molecule has 0 radical (unpaired) electrons. The van der Waals surface area contributed by atoms with Crippen molar-refractivity contribution in [1.29, 1.82) is 5.26 Å². The first-order valence-corrected chi connectivity index (χ1v) is 10.6. The molecule has 1 heterocycles. The van der Waals surface area contributed by atoms with Crippen molar-refractivity contribution in [3.05, 3.63) is 119 Å². The summed E-state index contributed by atoms with van der Waals surface area (Å²) in [5.74, 6) is -0.333. The molecular formula is C28H18ClFN2. The van der Waals surface area contributed by atoms with Gasteiger partial charge < -0.3 is 4.57 Å². The molecule has 154 valence electrons. The predicted molar refractivity (Wildman–Crippen MR) is 130 cm³/mol. The van der Waals surface area contributed by atoms with E-state index in [9.17, 15) is 9.65 Å². The van der Waals surface area contributed by atoms with Crippen LogP contribution in [0, 0.1) is 17.1 Å². The number of halogens is 2. The molecule has 0 aliphatic heterocycles. The van der Waals surface area contributed by atoms with Crippen LogP contribution in [-0.4, -0.2) is 4.57 Å². The van der Waals surface area contributed by atoms with Gasteiger partial charge >= 0.3 is 0 Å². The molecule has 0 fully saturated rings. The fourth-order valence-corrected chi connectivity index (χ4v) is 4.38. The van der Waals surface area contributed by atoms with Crippen LogP contribution < -0.4 is 0 Å². The Bertz CT molecular complexity index is 1510. The summed E-state index contributed by atoms with van der Waals surface area (Å²) < 4.78 is 16.4. The second-order valence-corrected chi connectivity index (χ2v) is 8.03. The zero-order valence-corrected chi connectivity index (χ0v) is 17.9. The molecule has 5 aromatic rings. The monoisotopic (exact) mass is 436 g/mol. The average Bonchev–Trinajstić information content (AvgIpc) is 3.17. The van der Waals surface area contributed by atoms with E-state index < -0.39 is 0 Å². The minimum atomic E-state index is -0.333. The molecule has 32 heavy (non-hydrogen) atoms. The zero-order chi connectivity index (χ0) is 22.1. The summed E-state index contributed by atoms with van der Waals surface area (Å²) in [5.41, 5.74) is 3.76. The number of nitrogens with zero attached hydrogens (tertiary/aromatic N) is 2. The smallest absolute Gasteiger partial charge is 0.129 e. The third kappa shape index (κ3) is 3.56. The van der Waals surface area contributed by atoms with Gasteiger partial charge in [-0.1, -0.05) is 78.3 Å². The number of fused-ring (bicyclic) bond motifs is 2. The fraction of sp³-hybridized carbons (Fsp3) is 0.0357. The second-order valence-electron chi connectivity index (χ2n) is 7.63. The van der Waals surface area contributed by atoms with Gasteiger partial charge in [0, 0.05) is 38.8 Å². The van der Waals surface area contributed by atoms with Gasteiger partial charge in [0.05, 0.1) is 18.2 Å². The van der Waals surface area contributed by atoms with Crippen molar-refractivity contribution >= 4 is 44.9 Å². The molecule has 4 heteroatoms. The average molecular weight is 437 g/mol. The van der Waals surface area contributed by atoms with Gasteiger partial charge in [-0.05, 0) is 35.0 Å². The van der Waals surface area contributed by atoms with Gasteiger partial charge in [-0.2, -0.15) is 5.26 Å². The first-order valence-electron chi connectivity index (χ1n) is 10.3.